The molecule has 0 amide bonds. The Morgan fingerprint density at radius 2 is 2.27 bits per heavy atom. The van der Waals surface area contributed by atoms with Crippen LogP contribution in [-0.4, -0.2) is 15.0 Å². The van der Waals surface area contributed by atoms with Gasteiger partial charge in [0.2, 0.25) is 0 Å². The number of hydrogen-bond acceptors (Lipinski definition) is 3. The van der Waals surface area contributed by atoms with Crippen LogP contribution in [0.3, 0.4) is 0 Å². The van der Waals surface area contributed by atoms with Gasteiger partial charge in [-0.25, -0.2) is 8.42 Å². The molecule has 0 saturated heterocycles. The summed E-state index contributed by atoms with van der Waals surface area (Å²) >= 11 is 0. The van der Waals surface area contributed by atoms with Gasteiger partial charge in [-0.05, 0) is 6.42 Å². The SMILES string of the molecule is CCCCNC=C=C[SH](=O)=O. The number of nitrogens with one attached hydrogen (secondary N) is 1. The first-order valence-corrected chi connectivity index (χ1v) is 4.80. The van der Waals surface area contributed by atoms with Crippen LogP contribution in [0, 0.1) is 0 Å². The highest BCUT2D eigenvalue weighted by molar-refractivity contribution is 7.75. The lowest BCUT2D eigenvalue weighted by Gasteiger charge is -1.93. The molecule has 0 heterocycles. The van der Waals surface area contributed by atoms with Crippen molar-refractivity contribution in [1.29, 1.82) is 0 Å². The van der Waals surface area contributed by atoms with Crippen LogP contribution in [0.4, 0.5) is 0 Å². The predicted molar refractivity (Wildman–Crippen MR) is 45.9 cm³/mol. The quantitative estimate of drug-likeness (QED) is 0.366. The Labute approximate surface area is 68.8 Å². The molecule has 0 fully saturated rings. The van der Waals surface area contributed by atoms with Crippen molar-refractivity contribution in [1.82, 2.24) is 5.32 Å². The second-order valence-corrected chi connectivity index (χ2v) is 2.86. The monoisotopic (exact) mass is 175 g/mol. The minimum Gasteiger partial charge on any atom is -0.385 e. The van der Waals surface area contributed by atoms with E-state index in [-0.39, 0.29) is 0 Å². The van der Waals surface area contributed by atoms with Gasteiger partial charge in [0.05, 0.1) is 5.41 Å². The van der Waals surface area contributed by atoms with Gasteiger partial charge in [-0.3, -0.25) is 0 Å². The zero-order chi connectivity index (χ0) is 8.53. The molecule has 0 aromatic carbocycles. The van der Waals surface area contributed by atoms with E-state index in [9.17, 15) is 8.42 Å². The van der Waals surface area contributed by atoms with E-state index in [1.807, 2.05) is 0 Å². The molecule has 0 aromatic rings. The molecular formula is C7H13NO2S. The summed E-state index contributed by atoms with van der Waals surface area (Å²) in [6.45, 7) is 2.96. The van der Waals surface area contributed by atoms with Crippen molar-refractivity contribution in [2.24, 2.45) is 0 Å². The fourth-order valence-corrected chi connectivity index (χ4v) is 0.704. The zero-order valence-corrected chi connectivity index (χ0v) is 7.43. The van der Waals surface area contributed by atoms with Gasteiger partial charge in [-0.15, -0.1) is 0 Å². The topological polar surface area (TPSA) is 46.2 Å². The van der Waals surface area contributed by atoms with Crippen LogP contribution < -0.4 is 5.32 Å². The Morgan fingerprint density at radius 1 is 1.55 bits per heavy atom. The molecule has 0 bridgehead atoms. The van der Waals surface area contributed by atoms with Crippen LogP contribution in [0.5, 0.6) is 0 Å². The van der Waals surface area contributed by atoms with E-state index in [4.69, 9.17) is 0 Å². The Morgan fingerprint density at radius 3 is 2.82 bits per heavy atom. The Balaban J connectivity index is 3.44. The molecule has 0 atom stereocenters. The normalized spacial score (nSPS) is 8.91. The Hall–Kier alpha value is -0.730. The second-order valence-electron chi connectivity index (χ2n) is 2.03. The van der Waals surface area contributed by atoms with E-state index in [0.29, 0.717) is 0 Å². The van der Waals surface area contributed by atoms with E-state index < -0.39 is 10.7 Å². The summed E-state index contributed by atoms with van der Waals surface area (Å²) in [6.07, 6.45) is 3.73. The first kappa shape index (κ1) is 10.3. The Bertz CT molecular complexity index is 206. The highest BCUT2D eigenvalue weighted by atomic mass is 32.2. The molecule has 0 aliphatic rings. The maximum Gasteiger partial charge on any atom is 0.168 e. The summed E-state index contributed by atoms with van der Waals surface area (Å²) in [6, 6.07) is 0. The maximum absolute atomic E-state index is 9.96. The number of unbranched alkanes of at least 4 members (excludes halogenated alkanes) is 1. The van der Waals surface area contributed by atoms with Gasteiger partial charge < -0.3 is 5.32 Å². The standard InChI is InChI=1S/C7H13NO2S/c1-2-3-5-8-6-4-7-11(9)10/h6-8,11H,2-3,5H2,1H3. The third-order valence-corrected chi connectivity index (χ3v) is 1.40. The van der Waals surface area contributed by atoms with Gasteiger partial charge >= 0.3 is 0 Å². The lowest BCUT2D eigenvalue weighted by Crippen LogP contribution is -2.04. The van der Waals surface area contributed by atoms with Gasteiger partial charge in [-0.1, -0.05) is 19.1 Å². The highest BCUT2D eigenvalue weighted by Gasteiger charge is 1.76. The van der Waals surface area contributed by atoms with Crippen molar-refractivity contribution in [3.05, 3.63) is 17.3 Å². The molecule has 0 saturated carbocycles. The summed E-state index contributed by atoms with van der Waals surface area (Å²) in [7, 11) is -2.43. The predicted octanol–water partition coefficient (Wildman–Crippen LogP) is 0.614. The molecule has 4 heteroatoms. The van der Waals surface area contributed by atoms with Crippen molar-refractivity contribution in [3.8, 4) is 0 Å². The van der Waals surface area contributed by atoms with Crippen molar-refractivity contribution in [2.75, 3.05) is 6.54 Å². The zero-order valence-electron chi connectivity index (χ0n) is 6.54. The summed E-state index contributed by atoms with van der Waals surface area (Å²) in [5.74, 6) is 0. The molecule has 11 heavy (non-hydrogen) atoms. The summed E-state index contributed by atoms with van der Waals surface area (Å²) in [4.78, 5) is 0. The van der Waals surface area contributed by atoms with E-state index in [2.05, 4.69) is 18.0 Å². The first-order valence-electron chi connectivity index (χ1n) is 3.55. The van der Waals surface area contributed by atoms with E-state index in [1.165, 1.54) is 6.20 Å². The van der Waals surface area contributed by atoms with Crippen molar-refractivity contribution >= 4 is 10.7 Å². The first-order chi connectivity index (χ1) is 5.27. The molecule has 0 aliphatic carbocycles. The van der Waals surface area contributed by atoms with Crippen LogP contribution in [0.1, 0.15) is 19.8 Å². The molecule has 1 N–H and O–H groups in total. The number of thiol groups is 1. The van der Waals surface area contributed by atoms with Crippen LogP contribution in [0.15, 0.2) is 17.3 Å². The third-order valence-electron chi connectivity index (χ3n) is 1.04. The third kappa shape index (κ3) is 9.27. The second kappa shape index (κ2) is 7.38. The average Bonchev–Trinajstić information content (AvgIpc) is 1.96. The average molecular weight is 175 g/mol. The molecular weight excluding hydrogens is 162 g/mol. The van der Waals surface area contributed by atoms with E-state index >= 15 is 0 Å². The van der Waals surface area contributed by atoms with Crippen LogP contribution in [0.25, 0.3) is 0 Å². The lowest BCUT2D eigenvalue weighted by molar-refractivity contribution is 0.622. The fourth-order valence-electron chi connectivity index (χ4n) is 0.508. The summed E-state index contributed by atoms with van der Waals surface area (Å²) in [5, 5.41) is 3.92. The van der Waals surface area contributed by atoms with Crippen molar-refractivity contribution in [2.45, 2.75) is 19.8 Å². The van der Waals surface area contributed by atoms with E-state index in [1.54, 1.807) is 0 Å². The Kier molecular flexibility index (Phi) is 6.89. The number of hydrogen-bond donors (Lipinski definition) is 2. The molecule has 0 unspecified atom stereocenters. The van der Waals surface area contributed by atoms with Gasteiger partial charge in [0.15, 0.2) is 10.7 Å². The molecule has 0 radical (unpaired) electrons. The molecule has 0 rings (SSSR count). The van der Waals surface area contributed by atoms with Gasteiger partial charge in [0.25, 0.3) is 0 Å². The van der Waals surface area contributed by atoms with Gasteiger partial charge in [0, 0.05) is 12.7 Å². The van der Waals surface area contributed by atoms with Crippen LogP contribution in [-0.2, 0) is 10.7 Å². The van der Waals surface area contributed by atoms with Crippen molar-refractivity contribution < 1.29 is 8.42 Å². The molecule has 0 spiro atoms. The molecule has 0 aliphatic heterocycles. The molecule has 0 aromatic heterocycles. The van der Waals surface area contributed by atoms with E-state index in [0.717, 1.165) is 24.8 Å². The van der Waals surface area contributed by atoms with Crippen LogP contribution >= 0.6 is 0 Å². The van der Waals surface area contributed by atoms with Crippen molar-refractivity contribution in [3.63, 3.8) is 0 Å². The minimum absolute atomic E-state index is 0.868. The molecule has 3 nitrogen and oxygen atoms in total. The van der Waals surface area contributed by atoms with Crippen LogP contribution in [0.2, 0.25) is 0 Å². The fraction of sp³-hybridized carbons (Fsp3) is 0.571. The van der Waals surface area contributed by atoms with Gasteiger partial charge in [0.1, 0.15) is 0 Å². The summed E-state index contributed by atoms with van der Waals surface area (Å²) < 4.78 is 19.9. The smallest absolute Gasteiger partial charge is 0.168 e. The minimum atomic E-state index is -2.43. The summed E-state index contributed by atoms with van der Waals surface area (Å²) in [5.41, 5.74) is 2.49. The highest BCUT2D eigenvalue weighted by Crippen LogP contribution is 1.81. The van der Waals surface area contributed by atoms with Gasteiger partial charge in [-0.2, -0.15) is 0 Å². The maximum atomic E-state index is 9.96. The lowest BCUT2D eigenvalue weighted by atomic mass is 10.3. The number of rotatable bonds is 5. The molecule has 64 valence electrons. The largest absolute Gasteiger partial charge is 0.385 e.